The third-order valence-electron chi connectivity index (χ3n) is 3.62. The monoisotopic (exact) mass is 252 g/mol. The van der Waals surface area contributed by atoms with Crippen LogP contribution in [0.15, 0.2) is 12.3 Å². The first-order valence-electron chi connectivity index (χ1n) is 6.55. The molecule has 1 aromatic rings. The van der Waals surface area contributed by atoms with Crippen molar-refractivity contribution >= 4 is 5.82 Å². The van der Waals surface area contributed by atoms with E-state index < -0.39 is 0 Å². The molecule has 2 N–H and O–H groups in total. The van der Waals surface area contributed by atoms with E-state index in [1.807, 2.05) is 16.9 Å². The van der Waals surface area contributed by atoms with Gasteiger partial charge in [-0.2, -0.15) is 5.10 Å². The molecule has 0 unspecified atom stereocenters. The molecular formula is C12H20N4O2. The quantitative estimate of drug-likeness (QED) is 0.838. The lowest BCUT2D eigenvalue weighted by molar-refractivity contribution is -0.189. The lowest BCUT2D eigenvalue weighted by Crippen LogP contribution is -2.49. The zero-order chi connectivity index (χ0) is 12.4. The second-order valence-electron chi connectivity index (χ2n) is 4.99. The second kappa shape index (κ2) is 4.87. The Balaban J connectivity index is 1.53. The molecule has 0 radical (unpaired) electrons. The number of nitrogens with two attached hydrogens (primary N) is 1. The molecule has 6 nitrogen and oxygen atoms in total. The molecule has 0 atom stereocenters. The fourth-order valence-corrected chi connectivity index (χ4v) is 2.74. The molecule has 3 heterocycles. The minimum absolute atomic E-state index is 0.332. The maximum Gasteiger partial charge on any atom is 0.181 e. The van der Waals surface area contributed by atoms with Crippen LogP contribution in [0, 0.1) is 0 Å². The lowest BCUT2D eigenvalue weighted by Gasteiger charge is -2.38. The Morgan fingerprint density at radius 3 is 2.89 bits per heavy atom. The van der Waals surface area contributed by atoms with Crippen molar-refractivity contribution in [1.82, 2.24) is 14.7 Å². The van der Waals surface area contributed by atoms with Crippen molar-refractivity contribution in [2.75, 3.05) is 38.6 Å². The van der Waals surface area contributed by atoms with Crippen molar-refractivity contribution < 1.29 is 9.47 Å². The summed E-state index contributed by atoms with van der Waals surface area (Å²) in [5, 5.41) is 4.19. The van der Waals surface area contributed by atoms with E-state index in [1.165, 1.54) is 0 Å². The summed E-state index contributed by atoms with van der Waals surface area (Å²) in [6, 6.07) is 1.82. The maximum atomic E-state index is 5.76. The Morgan fingerprint density at radius 2 is 2.17 bits per heavy atom. The van der Waals surface area contributed by atoms with Gasteiger partial charge < -0.3 is 15.2 Å². The summed E-state index contributed by atoms with van der Waals surface area (Å²) in [5.74, 6) is 0.245. The van der Waals surface area contributed by atoms with Crippen LogP contribution in [0.25, 0.3) is 0 Å². The van der Waals surface area contributed by atoms with Crippen molar-refractivity contribution in [2.24, 2.45) is 0 Å². The van der Waals surface area contributed by atoms with Crippen LogP contribution in [-0.2, 0) is 16.0 Å². The van der Waals surface area contributed by atoms with E-state index in [-0.39, 0.29) is 5.79 Å². The summed E-state index contributed by atoms with van der Waals surface area (Å²) in [7, 11) is 0. The molecule has 2 aliphatic rings. The predicted octanol–water partition coefficient (Wildman–Crippen LogP) is 0.304. The van der Waals surface area contributed by atoms with Crippen LogP contribution in [-0.4, -0.2) is 53.3 Å². The van der Waals surface area contributed by atoms with Gasteiger partial charge in [0.05, 0.1) is 26.3 Å². The maximum absolute atomic E-state index is 5.76. The number of aromatic nitrogens is 2. The number of rotatable bonds is 3. The Bertz CT molecular complexity index is 401. The summed E-state index contributed by atoms with van der Waals surface area (Å²) in [4.78, 5) is 2.38. The molecule has 2 aliphatic heterocycles. The smallest absolute Gasteiger partial charge is 0.181 e. The number of piperidine rings is 1. The molecule has 1 aromatic heterocycles. The first-order valence-corrected chi connectivity index (χ1v) is 6.55. The number of hydrogen-bond acceptors (Lipinski definition) is 5. The van der Waals surface area contributed by atoms with Crippen molar-refractivity contribution in [2.45, 2.75) is 25.2 Å². The summed E-state index contributed by atoms with van der Waals surface area (Å²) < 4.78 is 13.4. The van der Waals surface area contributed by atoms with Gasteiger partial charge in [0, 0.05) is 19.2 Å². The molecule has 6 heteroatoms. The number of nitrogens with zero attached hydrogens (tertiary/aromatic N) is 3. The van der Waals surface area contributed by atoms with E-state index in [1.54, 1.807) is 0 Å². The van der Waals surface area contributed by atoms with Crippen LogP contribution >= 0.6 is 0 Å². The third-order valence-corrected chi connectivity index (χ3v) is 3.62. The topological polar surface area (TPSA) is 65.5 Å². The zero-order valence-corrected chi connectivity index (χ0v) is 10.5. The van der Waals surface area contributed by atoms with Gasteiger partial charge in [0.25, 0.3) is 0 Å². The summed E-state index contributed by atoms with van der Waals surface area (Å²) in [6.45, 7) is 5.23. The SMILES string of the molecule is Nc1ccn(CCN2CCCC3(C2)OCCO3)n1. The van der Waals surface area contributed by atoms with Gasteiger partial charge in [-0.25, -0.2) is 0 Å². The summed E-state index contributed by atoms with van der Waals surface area (Å²) in [5.41, 5.74) is 5.60. The van der Waals surface area contributed by atoms with Gasteiger partial charge in [0.15, 0.2) is 5.79 Å². The highest BCUT2D eigenvalue weighted by atomic mass is 16.7. The molecule has 100 valence electrons. The zero-order valence-electron chi connectivity index (χ0n) is 10.5. The van der Waals surface area contributed by atoms with Gasteiger partial charge >= 0.3 is 0 Å². The molecule has 2 saturated heterocycles. The standard InChI is InChI=1S/C12H20N4O2/c13-11-2-5-16(14-11)7-6-15-4-1-3-12(10-15)17-8-9-18-12/h2,5H,1,3-4,6-10H2,(H2,13,14). The Morgan fingerprint density at radius 1 is 1.33 bits per heavy atom. The van der Waals surface area contributed by atoms with Gasteiger partial charge in [0.1, 0.15) is 5.82 Å². The van der Waals surface area contributed by atoms with E-state index in [2.05, 4.69) is 10.00 Å². The van der Waals surface area contributed by atoms with Crippen LogP contribution in [0.3, 0.4) is 0 Å². The Hall–Kier alpha value is -1.11. The van der Waals surface area contributed by atoms with Gasteiger partial charge in [0.2, 0.25) is 0 Å². The largest absolute Gasteiger partial charge is 0.382 e. The van der Waals surface area contributed by atoms with E-state index in [0.717, 1.165) is 52.2 Å². The highest BCUT2D eigenvalue weighted by Crippen LogP contribution is 2.29. The molecule has 0 aliphatic carbocycles. The van der Waals surface area contributed by atoms with Crippen LogP contribution in [0.5, 0.6) is 0 Å². The van der Waals surface area contributed by atoms with Crippen molar-refractivity contribution in [3.8, 4) is 0 Å². The Kier molecular flexibility index (Phi) is 3.23. The molecule has 2 fully saturated rings. The normalized spacial score (nSPS) is 23.8. The number of ether oxygens (including phenoxy) is 2. The Labute approximate surface area is 107 Å². The first kappa shape index (κ1) is 12.0. The van der Waals surface area contributed by atoms with Gasteiger partial charge in [-0.05, 0) is 19.0 Å². The van der Waals surface area contributed by atoms with E-state index >= 15 is 0 Å². The van der Waals surface area contributed by atoms with Crippen LogP contribution in [0.1, 0.15) is 12.8 Å². The van der Waals surface area contributed by atoms with Crippen molar-refractivity contribution in [1.29, 1.82) is 0 Å². The number of anilines is 1. The molecule has 18 heavy (non-hydrogen) atoms. The molecular weight excluding hydrogens is 232 g/mol. The molecule has 0 amide bonds. The van der Waals surface area contributed by atoms with E-state index in [4.69, 9.17) is 15.2 Å². The van der Waals surface area contributed by atoms with Crippen LogP contribution in [0.4, 0.5) is 5.82 Å². The molecule has 0 aromatic carbocycles. The molecule has 1 spiro atoms. The summed E-state index contributed by atoms with van der Waals surface area (Å²) in [6.07, 6.45) is 4.05. The minimum atomic E-state index is -0.332. The van der Waals surface area contributed by atoms with Gasteiger partial charge in [-0.3, -0.25) is 9.58 Å². The summed E-state index contributed by atoms with van der Waals surface area (Å²) >= 11 is 0. The van der Waals surface area contributed by atoms with Crippen molar-refractivity contribution in [3.05, 3.63) is 12.3 Å². The highest BCUT2D eigenvalue weighted by molar-refractivity contribution is 5.23. The predicted molar refractivity (Wildman–Crippen MR) is 66.9 cm³/mol. The molecule has 0 saturated carbocycles. The lowest BCUT2D eigenvalue weighted by atomic mass is 10.0. The molecule has 3 rings (SSSR count). The fraction of sp³-hybridized carbons (Fsp3) is 0.750. The minimum Gasteiger partial charge on any atom is -0.382 e. The highest BCUT2D eigenvalue weighted by Gasteiger charge is 2.40. The number of likely N-dealkylation sites (tertiary alicyclic amines) is 1. The van der Waals surface area contributed by atoms with E-state index in [0.29, 0.717) is 5.82 Å². The number of hydrogen-bond donors (Lipinski definition) is 1. The third kappa shape index (κ3) is 2.50. The van der Waals surface area contributed by atoms with E-state index in [9.17, 15) is 0 Å². The fourth-order valence-electron chi connectivity index (χ4n) is 2.74. The van der Waals surface area contributed by atoms with Gasteiger partial charge in [-0.1, -0.05) is 0 Å². The van der Waals surface area contributed by atoms with Crippen LogP contribution in [0.2, 0.25) is 0 Å². The number of nitrogen functional groups attached to an aromatic ring is 1. The van der Waals surface area contributed by atoms with Gasteiger partial charge in [-0.15, -0.1) is 0 Å². The van der Waals surface area contributed by atoms with Crippen molar-refractivity contribution in [3.63, 3.8) is 0 Å². The second-order valence-corrected chi connectivity index (χ2v) is 4.99. The average Bonchev–Trinajstić information content (AvgIpc) is 2.97. The molecule has 0 bridgehead atoms. The van der Waals surface area contributed by atoms with Crippen LogP contribution < -0.4 is 5.73 Å². The average molecular weight is 252 g/mol. The first-order chi connectivity index (χ1) is 8.76.